The van der Waals surface area contributed by atoms with Crippen molar-refractivity contribution in [2.75, 3.05) is 56.4 Å². The van der Waals surface area contributed by atoms with Crippen LogP contribution in [0.25, 0.3) is 0 Å². The molecule has 0 radical (unpaired) electrons. The van der Waals surface area contributed by atoms with Gasteiger partial charge in [0.25, 0.3) is 0 Å². The van der Waals surface area contributed by atoms with Crippen molar-refractivity contribution >= 4 is 17.5 Å². The molecule has 1 aromatic carbocycles. The standard InChI is InChI=1S/C19H23N5O4/c25-19(10-14-1-2-15-16(9-14)28-13-27-15)21-4-3-20-17-11-18(23-12-22-17)24-5-7-26-8-6-24/h1-2,9,11-12H,3-8,10,13H2,(H,21,25)(H,20,22,23). The predicted molar refractivity (Wildman–Crippen MR) is 103 cm³/mol. The molecule has 4 rings (SSSR count). The number of fused-ring (bicyclic) bond motifs is 1. The Balaban J connectivity index is 1.20. The van der Waals surface area contributed by atoms with Crippen molar-refractivity contribution in [2.45, 2.75) is 6.42 Å². The highest BCUT2D eigenvalue weighted by Crippen LogP contribution is 2.32. The number of hydrogen-bond donors (Lipinski definition) is 2. The molecule has 1 aromatic heterocycles. The van der Waals surface area contributed by atoms with Crippen molar-refractivity contribution in [3.8, 4) is 11.5 Å². The van der Waals surface area contributed by atoms with Crippen LogP contribution >= 0.6 is 0 Å². The van der Waals surface area contributed by atoms with Gasteiger partial charge in [0.05, 0.1) is 19.6 Å². The summed E-state index contributed by atoms with van der Waals surface area (Å²) in [5.41, 5.74) is 0.890. The third-order valence-corrected chi connectivity index (χ3v) is 4.54. The zero-order valence-corrected chi connectivity index (χ0v) is 15.5. The van der Waals surface area contributed by atoms with Gasteiger partial charge in [-0.2, -0.15) is 0 Å². The van der Waals surface area contributed by atoms with E-state index in [1.54, 1.807) is 6.33 Å². The Hall–Kier alpha value is -3.07. The summed E-state index contributed by atoms with van der Waals surface area (Å²) in [5.74, 6) is 2.98. The van der Waals surface area contributed by atoms with E-state index < -0.39 is 0 Å². The van der Waals surface area contributed by atoms with E-state index in [9.17, 15) is 4.79 Å². The lowest BCUT2D eigenvalue weighted by Gasteiger charge is -2.27. The number of carbonyl (C=O) groups is 1. The van der Waals surface area contributed by atoms with Crippen LogP contribution in [0.2, 0.25) is 0 Å². The molecule has 9 heteroatoms. The summed E-state index contributed by atoms with van der Waals surface area (Å²) in [5, 5.41) is 6.12. The lowest BCUT2D eigenvalue weighted by molar-refractivity contribution is -0.120. The first kappa shape index (κ1) is 18.3. The molecule has 0 saturated carbocycles. The number of hydrogen-bond acceptors (Lipinski definition) is 8. The zero-order chi connectivity index (χ0) is 19.2. The highest BCUT2D eigenvalue weighted by molar-refractivity contribution is 5.78. The largest absolute Gasteiger partial charge is 0.454 e. The molecule has 2 aliphatic rings. The number of nitrogens with one attached hydrogen (secondary N) is 2. The Morgan fingerprint density at radius 2 is 1.93 bits per heavy atom. The second-order valence-corrected chi connectivity index (χ2v) is 6.50. The fourth-order valence-corrected chi connectivity index (χ4v) is 3.10. The van der Waals surface area contributed by atoms with Crippen LogP contribution in [0.1, 0.15) is 5.56 Å². The number of morpholine rings is 1. The molecular weight excluding hydrogens is 362 g/mol. The molecule has 28 heavy (non-hydrogen) atoms. The van der Waals surface area contributed by atoms with Gasteiger partial charge < -0.3 is 29.7 Å². The maximum absolute atomic E-state index is 12.1. The van der Waals surface area contributed by atoms with Crippen LogP contribution in [0, 0.1) is 0 Å². The van der Waals surface area contributed by atoms with Gasteiger partial charge in [0.2, 0.25) is 12.7 Å². The van der Waals surface area contributed by atoms with Gasteiger partial charge in [0.15, 0.2) is 11.5 Å². The van der Waals surface area contributed by atoms with E-state index in [4.69, 9.17) is 14.2 Å². The summed E-state index contributed by atoms with van der Waals surface area (Å²) in [6.45, 7) is 4.38. The Morgan fingerprint density at radius 3 is 2.82 bits per heavy atom. The summed E-state index contributed by atoms with van der Waals surface area (Å²) >= 11 is 0. The van der Waals surface area contributed by atoms with E-state index in [2.05, 4.69) is 25.5 Å². The molecule has 2 aliphatic heterocycles. The molecule has 3 heterocycles. The lowest BCUT2D eigenvalue weighted by atomic mass is 10.1. The normalized spacial score (nSPS) is 15.4. The Kier molecular flexibility index (Phi) is 5.72. The third kappa shape index (κ3) is 4.61. The Bertz CT molecular complexity index is 826. The number of amides is 1. The third-order valence-electron chi connectivity index (χ3n) is 4.54. The van der Waals surface area contributed by atoms with E-state index in [0.29, 0.717) is 38.5 Å². The van der Waals surface area contributed by atoms with Gasteiger partial charge in [-0.1, -0.05) is 6.07 Å². The summed E-state index contributed by atoms with van der Waals surface area (Å²) in [7, 11) is 0. The van der Waals surface area contributed by atoms with Crippen molar-refractivity contribution in [1.82, 2.24) is 15.3 Å². The quantitative estimate of drug-likeness (QED) is 0.676. The fourth-order valence-electron chi connectivity index (χ4n) is 3.10. The van der Waals surface area contributed by atoms with Crippen LogP contribution in [0.4, 0.5) is 11.6 Å². The van der Waals surface area contributed by atoms with Crippen molar-refractivity contribution < 1.29 is 19.0 Å². The highest BCUT2D eigenvalue weighted by Gasteiger charge is 2.15. The second kappa shape index (κ2) is 8.75. The number of aromatic nitrogens is 2. The van der Waals surface area contributed by atoms with Crippen LogP contribution in [-0.4, -0.2) is 62.1 Å². The van der Waals surface area contributed by atoms with Crippen molar-refractivity contribution in [3.63, 3.8) is 0 Å². The van der Waals surface area contributed by atoms with Crippen LogP contribution in [0.5, 0.6) is 11.5 Å². The van der Waals surface area contributed by atoms with Crippen molar-refractivity contribution in [2.24, 2.45) is 0 Å². The monoisotopic (exact) mass is 385 g/mol. The first-order chi connectivity index (χ1) is 13.8. The van der Waals surface area contributed by atoms with Crippen LogP contribution in [-0.2, 0) is 16.0 Å². The maximum atomic E-state index is 12.1. The molecule has 0 atom stereocenters. The lowest BCUT2D eigenvalue weighted by Crippen LogP contribution is -2.36. The number of rotatable bonds is 7. The average Bonchev–Trinajstić information content (AvgIpc) is 3.20. The summed E-state index contributed by atoms with van der Waals surface area (Å²) < 4.78 is 16.0. The van der Waals surface area contributed by atoms with Crippen LogP contribution < -0.4 is 25.0 Å². The molecule has 0 unspecified atom stereocenters. The average molecular weight is 385 g/mol. The molecule has 9 nitrogen and oxygen atoms in total. The number of nitrogens with zero attached hydrogens (tertiary/aromatic N) is 3. The number of carbonyl (C=O) groups excluding carboxylic acids is 1. The van der Waals surface area contributed by atoms with Gasteiger partial charge in [0, 0.05) is 32.2 Å². The molecule has 2 aromatic rings. The molecule has 2 N–H and O–H groups in total. The SMILES string of the molecule is O=C(Cc1ccc2c(c1)OCO2)NCCNc1cc(N2CCOCC2)ncn1. The minimum Gasteiger partial charge on any atom is -0.454 e. The number of anilines is 2. The number of ether oxygens (including phenoxy) is 3. The summed E-state index contributed by atoms with van der Waals surface area (Å²) in [4.78, 5) is 22.9. The second-order valence-electron chi connectivity index (χ2n) is 6.50. The first-order valence-electron chi connectivity index (χ1n) is 9.32. The molecule has 0 aliphatic carbocycles. The van der Waals surface area contributed by atoms with Gasteiger partial charge in [0.1, 0.15) is 18.0 Å². The molecular formula is C19H23N5O4. The molecule has 1 saturated heterocycles. The molecule has 148 valence electrons. The molecule has 1 fully saturated rings. The Morgan fingerprint density at radius 1 is 1.07 bits per heavy atom. The molecule has 1 amide bonds. The van der Waals surface area contributed by atoms with Crippen molar-refractivity contribution in [3.05, 3.63) is 36.2 Å². The first-order valence-corrected chi connectivity index (χ1v) is 9.32. The van der Waals surface area contributed by atoms with E-state index >= 15 is 0 Å². The fraction of sp³-hybridized carbons (Fsp3) is 0.421. The smallest absolute Gasteiger partial charge is 0.231 e. The van der Waals surface area contributed by atoms with Gasteiger partial charge in [-0.25, -0.2) is 9.97 Å². The van der Waals surface area contributed by atoms with E-state index in [0.717, 1.165) is 36.0 Å². The Labute approximate surface area is 163 Å². The predicted octanol–water partition coefficient (Wildman–Crippen LogP) is 0.813. The van der Waals surface area contributed by atoms with Crippen molar-refractivity contribution in [1.29, 1.82) is 0 Å². The maximum Gasteiger partial charge on any atom is 0.231 e. The topological polar surface area (TPSA) is 97.8 Å². The van der Waals surface area contributed by atoms with Gasteiger partial charge in [-0.05, 0) is 17.7 Å². The van der Waals surface area contributed by atoms with E-state index in [-0.39, 0.29) is 12.7 Å². The summed E-state index contributed by atoms with van der Waals surface area (Å²) in [6.07, 6.45) is 1.84. The molecule has 0 spiro atoms. The minimum atomic E-state index is -0.0441. The highest BCUT2D eigenvalue weighted by atomic mass is 16.7. The van der Waals surface area contributed by atoms with E-state index in [1.807, 2.05) is 24.3 Å². The van der Waals surface area contributed by atoms with Gasteiger partial charge >= 0.3 is 0 Å². The van der Waals surface area contributed by atoms with Gasteiger partial charge in [-0.15, -0.1) is 0 Å². The van der Waals surface area contributed by atoms with E-state index in [1.165, 1.54) is 0 Å². The van der Waals surface area contributed by atoms with Crippen LogP contribution in [0.3, 0.4) is 0 Å². The minimum absolute atomic E-state index is 0.0441. The summed E-state index contributed by atoms with van der Waals surface area (Å²) in [6, 6.07) is 7.46. The molecule has 0 bridgehead atoms. The number of benzene rings is 1. The zero-order valence-electron chi connectivity index (χ0n) is 15.5. The van der Waals surface area contributed by atoms with Gasteiger partial charge in [-0.3, -0.25) is 4.79 Å². The van der Waals surface area contributed by atoms with Crippen LogP contribution in [0.15, 0.2) is 30.6 Å².